The molecule has 2 aromatic carbocycles. The summed E-state index contributed by atoms with van der Waals surface area (Å²) in [5.41, 5.74) is 2.19. The van der Waals surface area contributed by atoms with Crippen molar-refractivity contribution in [1.82, 2.24) is 14.8 Å². The van der Waals surface area contributed by atoms with Crippen molar-refractivity contribution < 1.29 is 13.9 Å². The SMILES string of the molecule is CCOc1ccccc1NC(=O)C1=C(C)Nc2ncnn2[C@@H]1c1cccc(F)c1. The van der Waals surface area contributed by atoms with Crippen molar-refractivity contribution in [3.05, 3.63) is 77.5 Å². The molecule has 1 aliphatic heterocycles. The molecule has 0 radical (unpaired) electrons. The number of benzene rings is 2. The van der Waals surface area contributed by atoms with Crippen molar-refractivity contribution in [2.45, 2.75) is 19.9 Å². The average molecular weight is 393 g/mol. The van der Waals surface area contributed by atoms with Crippen LogP contribution in [0.5, 0.6) is 5.75 Å². The molecule has 1 atom stereocenters. The Morgan fingerprint density at radius 1 is 1.28 bits per heavy atom. The lowest BCUT2D eigenvalue weighted by molar-refractivity contribution is -0.113. The molecule has 7 nitrogen and oxygen atoms in total. The third-order valence-corrected chi connectivity index (χ3v) is 4.64. The fraction of sp³-hybridized carbons (Fsp3) is 0.190. The third kappa shape index (κ3) is 3.56. The van der Waals surface area contributed by atoms with E-state index in [4.69, 9.17) is 4.74 Å². The van der Waals surface area contributed by atoms with E-state index in [1.165, 1.54) is 18.5 Å². The van der Waals surface area contributed by atoms with Crippen LogP contribution in [0.15, 0.2) is 66.1 Å². The van der Waals surface area contributed by atoms with Gasteiger partial charge < -0.3 is 15.4 Å². The molecule has 0 unspecified atom stereocenters. The van der Waals surface area contributed by atoms with Crippen molar-refractivity contribution in [2.75, 3.05) is 17.2 Å². The second kappa shape index (κ2) is 7.75. The number of aromatic nitrogens is 3. The molecular weight excluding hydrogens is 373 g/mol. The molecule has 1 amide bonds. The summed E-state index contributed by atoms with van der Waals surface area (Å²) in [4.78, 5) is 17.5. The van der Waals surface area contributed by atoms with Gasteiger partial charge in [-0.15, -0.1) is 0 Å². The first-order chi connectivity index (χ1) is 14.1. The van der Waals surface area contributed by atoms with Gasteiger partial charge in [0.25, 0.3) is 5.91 Å². The third-order valence-electron chi connectivity index (χ3n) is 4.64. The smallest absolute Gasteiger partial charge is 0.255 e. The first-order valence-electron chi connectivity index (χ1n) is 9.24. The summed E-state index contributed by atoms with van der Waals surface area (Å²) in [7, 11) is 0. The molecule has 2 heterocycles. The van der Waals surface area contributed by atoms with E-state index in [9.17, 15) is 9.18 Å². The number of hydrogen-bond acceptors (Lipinski definition) is 5. The number of rotatable bonds is 5. The number of fused-ring (bicyclic) bond motifs is 1. The number of para-hydroxylation sites is 2. The Balaban J connectivity index is 1.75. The molecule has 0 saturated carbocycles. The molecule has 1 aromatic heterocycles. The minimum Gasteiger partial charge on any atom is -0.492 e. The number of ether oxygens (including phenoxy) is 1. The van der Waals surface area contributed by atoms with Gasteiger partial charge in [-0.2, -0.15) is 10.1 Å². The van der Waals surface area contributed by atoms with E-state index in [2.05, 4.69) is 20.7 Å². The second-order valence-electron chi connectivity index (χ2n) is 6.53. The molecule has 1 aliphatic rings. The van der Waals surface area contributed by atoms with Crippen LogP contribution in [0.3, 0.4) is 0 Å². The zero-order chi connectivity index (χ0) is 20.4. The van der Waals surface area contributed by atoms with Crippen molar-refractivity contribution in [3.8, 4) is 5.75 Å². The lowest BCUT2D eigenvalue weighted by Crippen LogP contribution is -2.31. The summed E-state index contributed by atoms with van der Waals surface area (Å²) in [5, 5.41) is 10.3. The quantitative estimate of drug-likeness (QED) is 0.690. The largest absolute Gasteiger partial charge is 0.492 e. The van der Waals surface area contributed by atoms with Crippen LogP contribution in [0.2, 0.25) is 0 Å². The highest BCUT2D eigenvalue weighted by molar-refractivity contribution is 6.06. The van der Waals surface area contributed by atoms with Crippen LogP contribution in [0.25, 0.3) is 0 Å². The van der Waals surface area contributed by atoms with Gasteiger partial charge in [-0.3, -0.25) is 4.79 Å². The molecule has 8 heteroatoms. The van der Waals surface area contributed by atoms with Gasteiger partial charge in [0.1, 0.15) is 23.9 Å². The standard InChI is InChI=1S/C21H20FN5O2/c1-3-29-17-10-5-4-9-16(17)26-20(28)18-13(2)25-21-23-12-24-27(21)19(18)14-7-6-8-15(22)11-14/h4-12,19H,3H2,1-2H3,(H,26,28)(H,23,24,25)/t19-/m1/s1. The van der Waals surface area contributed by atoms with E-state index in [1.807, 2.05) is 19.1 Å². The van der Waals surface area contributed by atoms with Gasteiger partial charge in [-0.1, -0.05) is 24.3 Å². The molecule has 0 fully saturated rings. The van der Waals surface area contributed by atoms with E-state index in [0.29, 0.717) is 40.8 Å². The van der Waals surface area contributed by atoms with Crippen molar-refractivity contribution in [3.63, 3.8) is 0 Å². The molecule has 3 aromatic rings. The van der Waals surface area contributed by atoms with Gasteiger partial charge >= 0.3 is 0 Å². The van der Waals surface area contributed by atoms with E-state index in [0.717, 1.165) is 0 Å². The number of amides is 1. The summed E-state index contributed by atoms with van der Waals surface area (Å²) < 4.78 is 21.1. The predicted octanol–water partition coefficient (Wildman–Crippen LogP) is 3.74. The fourth-order valence-corrected chi connectivity index (χ4v) is 3.41. The number of hydrogen-bond donors (Lipinski definition) is 2. The van der Waals surface area contributed by atoms with Gasteiger partial charge in [0, 0.05) is 5.70 Å². The second-order valence-corrected chi connectivity index (χ2v) is 6.53. The number of carbonyl (C=O) groups is 1. The summed E-state index contributed by atoms with van der Waals surface area (Å²) in [5.74, 6) is 0.344. The van der Waals surface area contributed by atoms with Crippen LogP contribution < -0.4 is 15.4 Å². The molecular formula is C21H20FN5O2. The van der Waals surface area contributed by atoms with Crippen LogP contribution in [0.1, 0.15) is 25.5 Å². The summed E-state index contributed by atoms with van der Waals surface area (Å²) in [6, 6.07) is 12.7. The molecule has 0 spiro atoms. The summed E-state index contributed by atoms with van der Waals surface area (Å²) >= 11 is 0. The maximum absolute atomic E-state index is 13.9. The van der Waals surface area contributed by atoms with Gasteiger partial charge in [-0.25, -0.2) is 9.07 Å². The molecule has 4 rings (SSSR count). The summed E-state index contributed by atoms with van der Waals surface area (Å²) in [6.45, 7) is 4.14. The van der Waals surface area contributed by atoms with Crippen molar-refractivity contribution in [1.29, 1.82) is 0 Å². The van der Waals surface area contributed by atoms with E-state index >= 15 is 0 Å². The predicted molar refractivity (Wildman–Crippen MR) is 107 cm³/mol. The molecule has 0 saturated heterocycles. The van der Waals surface area contributed by atoms with Crippen LogP contribution >= 0.6 is 0 Å². The zero-order valence-corrected chi connectivity index (χ0v) is 16.0. The zero-order valence-electron chi connectivity index (χ0n) is 16.0. The van der Waals surface area contributed by atoms with Crippen molar-refractivity contribution >= 4 is 17.5 Å². The van der Waals surface area contributed by atoms with Gasteiger partial charge in [-0.05, 0) is 43.7 Å². The topological polar surface area (TPSA) is 81.1 Å². The molecule has 29 heavy (non-hydrogen) atoms. The Hall–Kier alpha value is -3.68. The van der Waals surface area contributed by atoms with Gasteiger partial charge in [0.05, 0.1) is 17.9 Å². The highest BCUT2D eigenvalue weighted by Gasteiger charge is 2.33. The Kier molecular flexibility index (Phi) is 4.99. The minimum atomic E-state index is -0.622. The number of halogens is 1. The summed E-state index contributed by atoms with van der Waals surface area (Å²) in [6.07, 6.45) is 1.40. The highest BCUT2D eigenvalue weighted by Crippen LogP contribution is 2.36. The van der Waals surface area contributed by atoms with E-state index in [1.54, 1.807) is 35.9 Å². The average Bonchev–Trinajstić information content (AvgIpc) is 3.16. The highest BCUT2D eigenvalue weighted by atomic mass is 19.1. The first-order valence-corrected chi connectivity index (χ1v) is 9.24. The molecule has 0 aliphatic carbocycles. The monoisotopic (exact) mass is 393 g/mol. The lowest BCUT2D eigenvalue weighted by Gasteiger charge is -2.29. The molecule has 2 N–H and O–H groups in total. The lowest BCUT2D eigenvalue weighted by atomic mass is 9.95. The van der Waals surface area contributed by atoms with Crippen LogP contribution in [0.4, 0.5) is 16.0 Å². The molecule has 0 bridgehead atoms. The van der Waals surface area contributed by atoms with Gasteiger partial charge in [0.15, 0.2) is 0 Å². The Morgan fingerprint density at radius 3 is 2.90 bits per heavy atom. The van der Waals surface area contributed by atoms with E-state index in [-0.39, 0.29) is 11.7 Å². The number of carbonyl (C=O) groups excluding carboxylic acids is 1. The molecule has 148 valence electrons. The minimum absolute atomic E-state index is 0.336. The Bertz CT molecular complexity index is 1090. The number of nitrogens with one attached hydrogen (secondary N) is 2. The van der Waals surface area contributed by atoms with Crippen LogP contribution in [0, 0.1) is 5.82 Å². The number of allylic oxidation sites excluding steroid dienone is 1. The Morgan fingerprint density at radius 2 is 2.10 bits per heavy atom. The van der Waals surface area contributed by atoms with Gasteiger partial charge in [0.2, 0.25) is 5.95 Å². The first kappa shape index (κ1) is 18.7. The van der Waals surface area contributed by atoms with Crippen LogP contribution in [-0.4, -0.2) is 27.3 Å². The Labute approximate surface area is 167 Å². The number of anilines is 2. The van der Waals surface area contributed by atoms with E-state index < -0.39 is 6.04 Å². The maximum atomic E-state index is 13.9. The number of nitrogens with zero attached hydrogens (tertiary/aromatic N) is 3. The maximum Gasteiger partial charge on any atom is 0.255 e. The normalized spacial score (nSPS) is 15.5. The van der Waals surface area contributed by atoms with Crippen molar-refractivity contribution in [2.24, 2.45) is 0 Å². The fourth-order valence-electron chi connectivity index (χ4n) is 3.41. The van der Waals surface area contributed by atoms with Crippen LogP contribution in [-0.2, 0) is 4.79 Å².